The van der Waals surface area contributed by atoms with Crippen molar-refractivity contribution in [3.63, 3.8) is 0 Å². The third-order valence-corrected chi connectivity index (χ3v) is 4.32. The highest BCUT2D eigenvalue weighted by Crippen LogP contribution is 2.35. The summed E-state index contributed by atoms with van der Waals surface area (Å²) in [5, 5.41) is 5.80. The van der Waals surface area contributed by atoms with E-state index in [0.29, 0.717) is 29.0 Å². The Kier molecular flexibility index (Phi) is 6.03. The van der Waals surface area contributed by atoms with Crippen molar-refractivity contribution in [2.24, 2.45) is 5.10 Å². The van der Waals surface area contributed by atoms with Crippen LogP contribution in [0.25, 0.3) is 0 Å². The first-order chi connectivity index (χ1) is 13.5. The molecule has 0 aromatic heterocycles. The van der Waals surface area contributed by atoms with E-state index in [1.54, 1.807) is 31.2 Å². The summed E-state index contributed by atoms with van der Waals surface area (Å²) >= 11 is 0. The lowest BCUT2D eigenvalue weighted by Gasteiger charge is -2.20. The van der Waals surface area contributed by atoms with E-state index in [-0.39, 0.29) is 24.9 Å². The summed E-state index contributed by atoms with van der Waals surface area (Å²) in [6.07, 6.45) is 0.406. The van der Waals surface area contributed by atoms with E-state index in [2.05, 4.69) is 5.10 Å². The molecule has 3 rings (SSSR count). The third-order valence-electron chi connectivity index (χ3n) is 4.32. The van der Waals surface area contributed by atoms with E-state index >= 15 is 0 Å². The molecule has 0 aliphatic carbocycles. The number of hydrogen-bond acceptors (Lipinski definition) is 5. The first kappa shape index (κ1) is 19.5. The SMILES string of the molecule is CCOC(=O)COc1ccccc1C1=NN(C(C)=O)[C@H](c2cccc(F)c2)C1. The summed E-state index contributed by atoms with van der Waals surface area (Å²) in [5.74, 6) is -0.604. The average Bonchev–Trinajstić information content (AvgIpc) is 3.12. The number of benzene rings is 2. The largest absolute Gasteiger partial charge is 0.481 e. The number of halogens is 1. The highest BCUT2D eigenvalue weighted by molar-refractivity contribution is 6.05. The number of amides is 1. The summed E-state index contributed by atoms with van der Waals surface area (Å²) in [7, 11) is 0. The molecule has 0 fully saturated rings. The molecule has 0 saturated heterocycles. The summed E-state index contributed by atoms with van der Waals surface area (Å²) < 4.78 is 24.1. The summed E-state index contributed by atoms with van der Waals surface area (Å²) in [6, 6.07) is 12.9. The number of esters is 1. The van der Waals surface area contributed by atoms with Gasteiger partial charge in [-0.1, -0.05) is 24.3 Å². The molecule has 1 amide bonds. The van der Waals surface area contributed by atoms with E-state index in [1.807, 2.05) is 12.1 Å². The Morgan fingerprint density at radius 2 is 2.00 bits per heavy atom. The summed E-state index contributed by atoms with van der Waals surface area (Å²) in [4.78, 5) is 23.7. The van der Waals surface area contributed by atoms with Crippen molar-refractivity contribution < 1.29 is 23.5 Å². The van der Waals surface area contributed by atoms with E-state index < -0.39 is 12.0 Å². The van der Waals surface area contributed by atoms with Crippen molar-refractivity contribution in [2.45, 2.75) is 26.3 Å². The first-order valence-corrected chi connectivity index (χ1v) is 9.00. The fraction of sp³-hybridized carbons (Fsp3) is 0.286. The lowest BCUT2D eigenvalue weighted by molar-refractivity contribution is -0.145. The van der Waals surface area contributed by atoms with E-state index in [4.69, 9.17) is 9.47 Å². The van der Waals surface area contributed by atoms with Gasteiger partial charge in [0, 0.05) is 18.9 Å². The molecule has 1 aliphatic rings. The second-order valence-electron chi connectivity index (χ2n) is 6.28. The molecule has 28 heavy (non-hydrogen) atoms. The van der Waals surface area contributed by atoms with Gasteiger partial charge in [-0.2, -0.15) is 5.10 Å². The van der Waals surface area contributed by atoms with E-state index in [0.717, 1.165) is 0 Å². The molecule has 7 heteroatoms. The summed E-state index contributed by atoms with van der Waals surface area (Å²) in [5.41, 5.74) is 1.97. The van der Waals surface area contributed by atoms with E-state index in [1.165, 1.54) is 24.1 Å². The van der Waals surface area contributed by atoms with Gasteiger partial charge in [0.1, 0.15) is 11.6 Å². The van der Waals surface area contributed by atoms with Gasteiger partial charge in [-0.05, 0) is 36.8 Å². The predicted molar refractivity (Wildman–Crippen MR) is 101 cm³/mol. The molecule has 0 radical (unpaired) electrons. The molecule has 0 unspecified atom stereocenters. The lowest BCUT2D eigenvalue weighted by Crippen LogP contribution is -2.24. The van der Waals surface area contributed by atoms with Gasteiger partial charge < -0.3 is 9.47 Å². The van der Waals surface area contributed by atoms with Gasteiger partial charge in [0.05, 0.1) is 18.4 Å². The molecule has 146 valence electrons. The fourth-order valence-electron chi connectivity index (χ4n) is 3.11. The molecular formula is C21H21FN2O4. The Hall–Kier alpha value is -3.22. The number of ether oxygens (including phenoxy) is 2. The second kappa shape index (κ2) is 8.65. The fourth-order valence-corrected chi connectivity index (χ4v) is 3.11. The average molecular weight is 384 g/mol. The second-order valence-corrected chi connectivity index (χ2v) is 6.28. The number of para-hydroxylation sites is 1. The van der Waals surface area contributed by atoms with Gasteiger partial charge in [-0.25, -0.2) is 14.2 Å². The number of carbonyl (C=O) groups excluding carboxylic acids is 2. The van der Waals surface area contributed by atoms with Crippen LogP contribution in [0.1, 0.15) is 37.4 Å². The van der Waals surface area contributed by atoms with Crippen LogP contribution in [0.15, 0.2) is 53.6 Å². The van der Waals surface area contributed by atoms with Crippen molar-refractivity contribution in [3.05, 3.63) is 65.5 Å². The van der Waals surface area contributed by atoms with Crippen molar-refractivity contribution in [2.75, 3.05) is 13.2 Å². The topological polar surface area (TPSA) is 68.2 Å². The smallest absolute Gasteiger partial charge is 0.344 e. The van der Waals surface area contributed by atoms with Gasteiger partial charge in [0.25, 0.3) is 0 Å². The lowest BCUT2D eigenvalue weighted by atomic mass is 9.98. The normalized spacial score (nSPS) is 15.9. The number of hydrogen-bond donors (Lipinski definition) is 0. The Balaban J connectivity index is 1.86. The maximum atomic E-state index is 13.7. The number of nitrogens with zero attached hydrogens (tertiary/aromatic N) is 2. The van der Waals surface area contributed by atoms with Gasteiger partial charge in [0.2, 0.25) is 5.91 Å². The number of carbonyl (C=O) groups is 2. The summed E-state index contributed by atoms with van der Waals surface area (Å²) in [6.45, 7) is 3.20. The van der Waals surface area contributed by atoms with Crippen molar-refractivity contribution in [1.82, 2.24) is 5.01 Å². The minimum Gasteiger partial charge on any atom is -0.481 e. The van der Waals surface area contributed by atoms with Crippen LogP contribution in [-0.4, -0.2) is 35.8 Å². The van der Waals surface area contributed by atoms with Crippen LogP contribution in [0.4, 0.5) is 4.39 Å². The van der Waals surface area contributed by atoms with Crippen LogP contribution in [0.5, 0.6) is 5.75 Å². The van der Waals surface area contributed by atoms with Gasteiger partial charge >= 0.3 is 5.97 Å². The quantitative estimate of drug-likeness (QED) is 0.716. The van der Waals surface area contributed by atoms with Crippen LogP contribution in [0.2, 0.25) is 0 Å². The minimum atomic E-state index is -0.464. The van der Waals surface area contributed by atoms with Crippen LogP contribution < -0.4 is 4.74 Å². The standard InChI is InChI=1S/C21H21FN2O4/c1-3-27-21(26)13-28-20-10-5-4-9-17(20)18-12-19(24(23-18)14(2)25)15-7-6-8-16(22)11-15/h4-11,19H,3,12-13H2,1-2H3/t19-/m0/s1. The minimum absolute atomic E-state index is 0.220. The van der Waals surface area contributed by atoms with Crippen LogP contribution in [-0.2, 0) is 14.3 Å². The molecule has 0 saturated carbocycles. The Labute approximate surface area is 162 Å². The first-order valence-electron chi connectivity index (χ1n) is 9.00. The van der Waals surface area contributed by atoms with Crippen molar-refractivity contribution >= 4 is 17.6 Å². The zero-order chi connectivity index (χ0) is 20.1. The highest BCUT2D eigenvalue weighted by atomic mass is 19.1. The van der Waals surface area contributed by atoms with E-state index in [9.17, 15) is 14.0 Å². The van der Waals surface area contributed by atoms with Gasteiger partial charge in [0.15, 0.2) is 6.61 Å². The molecule has 0 bridgehead atoms. The maximum absolute atomic E-state index is 13.7. The highest BCUT2D eigenvalue weighted by Gasteiger charge is 2.32. The molecular weight excluding hydrogens is 363 g/mol. The van der Waals surface area contributed by atoms with Gasteiger partial charge in [-0.3, -0.25) is 4.79 Å². The zero-order valence-electron chi connectivity index (χ0n) is 15.7. The molecule has 0 spiro atoms. The number of hydrazone groups is 1. The predicted octanol–water partition coefficient (Wildman–Crippen LogP) is 3.47. The van der Waals surface area contributed by atoms with Gasteiger partial charge in [-0.15, -0.1) is 0 Å². The Bertz CT molecular complexity index is 913. The van der Waals surface area contributed by atoms with Crippen LogP contribution in [0.3, 0.4) is 0 Å². The molecule has 2 aromatic rings. The Morgan fingerprint density at radius 1 is 1.21 bits per heavy atom. The molecule has 6 nitrogen and oxygen atoms in total. The molecule has 0 N–H and O–H groups in total. The molecule has 1 atom stereocenters. The third kappa shape index (κ3) is 4.36. The van der Waals surface area contributed by atoms with Crippen LogP contribution >= 0.6 is 0 Å². The van der Waals surface area contributed by atoms with Crippen molar-refractivity contribution in [3.8, 4) is 5.75 Å². The molecule has 2 aromatic carbocycles. The molecule has 1 aliphatic heterocycles. The van der Waals surface area contributed by atoms with Crippen LogP contribution in [0, 0.1) is 5.82 Å². The monoisotopic (exact) mass is 384 g/mol. The number of rotatable bonds is 6. The zero-order valence-corrected chi connectivity index (χ0v) is 15.7. The molecule has 1 heterocycles. The maximum Gasteiger partial charge on any atom is 0.344 e. The Morgan fingerprint density at radius 3 is 2.71 bits per heavy atom. The van der Waals surface area contributed by atoms with Crippen molar-refractivity contribution in [1.29, 1.82) is 0 Å².